The van der Waals surface area contributed by atoms with E-state index < -0.39 is 23.6 Å². The number of hydrogen-bond acceptors (Lipinski definition) is 6. The molecule has 4 N–H and O–H groups in total. The number of hydrogen-bond donors (Lipinski definition) is 4. The molecule has 4 amide bonds. The molecule has 0 fully saturated rings. The summed E-state index contributed by atoms with van der Waals surface area (Å²) in [6, 6.07) is 11.3. The third-order valence-corrected chi connectivity index (χ3v) is 6.69. The quantitative estimate of drug-likeness (QED) is 0.248. The number of carbonyl (C=O) groups is 4. The van der Waals surface area contributed by atoms with Gasteiger partial charge in [-0.05, 0) is 85.5 Å². The van der Waals surface area contributed by atoms with Gasteiger partial charge in [-0.25, -0.2) is 0 Å². The second kappa shape index (κ2) is 16.1. The normalized spacial score (nSPS) is 10.7. The van der Waals surface area contributed by atoms with E-state index in [1.165, 1.54) is 0 Å². The number of amides is 4. The maximum atomic E-state index is 12.0. The molecule has 0 aliphatic carbocycles. The predicted molar refractivity (Wildman–Crippen MR) is 154 cm³/mol. The Hall–Kier alpha value is -3.12. The fourth-order valence-corrected chi connectivity index (χ4v) is 4.18. The monoisotopic (exact) mass is 668 g/mol. The van der Waals surface area contributed by atoms with Crippen LogP contribution in [0.5, 0.6) is 11.5 Å². The number of nitrogens with one attached hydrogen (secondary N) is 4. The highest BCUT2D eigenvalue weighted by atomic mass is 79.9. The lowest BCUT2D eigenvalue weighted by Gasteiger charge is -2.12. The van der Waals surface area contributed by atoms with Gasteiger partial charge >= 0.3 is 0 Å². The van der Waals surface area contributed by atoms with Gasteiger partial charge in [0.1, 0.15) is 11.5 Å². The first-order chi connectivity index (χ1) is 18.5. The number of carbonyl (C=O) groups excluding carboxylic acids is 4. The molecule has 212 valence electrons. The first kappa shape index (κ1) is 32.1. The van der Waals surface area contributed by atoms with Gasteiger partial charge in [0.25, 0.3) is 11.8 Å². The van der Waals surface area contributed by atoms with E-state index >= 15 is 0 Å². The zero-order valence-electron chi connectivity index (χ0n) is 22.4. The average molecular weight is 670 g/mol. The van der Waals surface area contributed by atoms with Crippen LogP contribution in [-0.4, -0.2) is 36.8 Å². The van der Waals surface area contributed by atoms with E-state index in [9.17, 15) is 19.2 Å². The summed E-state index contributed by atoms with van der Waals surface area (Å²) in [5, 5.41) is 0. The van der Waals surface area contributed by atoms with E-state index in [4.69, 9.17) is 9.47 Å². The molecule has 0 radical (unpaired) electrons. The highest BCUT2D eigenvalue weighted by Gasteiger charge is 2.12. The predicted octanol–water partition coefficient (Wildman–Crippen LogP) is 4.38. The number of halogens is 2. The van der Waals surface area contributed by atoms with Crippen LogP contribution in [0.3, 0.4) is 0 Å². The summed E-state index contributed by atoms with van der Waals surface area (Å²) in [5.41, 5.74) is 11.3. The Bertz CT molecular complexity index is 1080. The molecule has 0 aliphatic heterocycles. The molecule has 0 bridgehead atoms. The van der Waals surface area contributed by atoms with Crippen molar-refractivity contribution in [1.82, 2.24) is 21.7 Å². The first-order valence-corrected chi connectivity index (χ1v) is 14.0. The molecular formula is C27H34Br2N4O6. The number of ether oxygens (including phenoxy) is 2. The Morgan fingerprint density at radius 1 is 0.641 bits per heavy atom. The van der Waals surface area contributed by atoms with Gasteiger partial charge < -0.3 is 9.47 Å². The van der Waals surface area contributed by atoms with Crippen LogP contribution in [0.15, 0.2) is 45.3 Å². The fourth-order valence-electron chi connectivity index (χ4n) is 3.16. The minimum atomic E-state index is -0.534. The van der Waals surface area contributed by atoms with Crippen molar-refractivity contribution in [2.45, 2.75) is 58.8 Å². The van der Waals surface area contributed by atoms with Gasteiger partial charge in [-0.1, -0.05) is 39.8 Å². The van der Waals surface area contributed by atoms with Gasteiger partial charge in [-0.3, -0.25) is 40.9 Å². The van der Waals surface area contributed by atoms with Crippen LogP contribution in [0.25, 0.3) is 0 Å². The SMILES string of the molecule is CC(C)c1ccc(OCC(=O)NNC(=O)CCCC(=O)NNC(=O)COc2ccc(C(C)C)cc2Br)c(Br)c1. The zero-order chi connectivity index (χ0) is 28.9. The molecule has 0 heterocycles. The van der Waals surface area contributed by atoms with Crippen LogP contribution in [0.4, 0.5) is 0 Å². The lowest BCUT2D eigenvalue weighted by Crippen LogP contribution is -2.44. The van der Waals surface area contributed by atoms with Crippen LogP contribution >= 0.6 is 31.9 Å². The molecule has 0 unspecified atom stereocenters. The van der Waals surface area contributed by atoms with E-state index in [-0.39, 0.29) is 32.5 Å². The largest absolute Gasteiger partial charge is 0.483 e. The van der Waals surface area contributed by atoms with E-state index in [0.29, 0.717) is 23.3 Å². The Morgan fingerprint density at radius 3 is 1.33 bits per heavy atom. The molecule has 2 aromatic rings. The van der Waals surface area contributed by atoms with Crippen LogP contribution in [0.1, 0.15) is 69.9 Å². The lowest BCUT2D eigenvalue weighted by molar-refractivity contribution is -0.131. The summed E-state index contributed by atoms with van der Waals surface area (Å²) >= 11 is 6.84. The number of hydrazine groups is 2. The summed E-state index contributed by atoms with van der Waals surface area (Å²) in [7, 11) is 0. The van der Waals surface area contributed by atoms with E-state index in [1.807, 2.05) is 24.3 Å². The topological polar surface area (TPSA) is 135 Å². The minimum Gasteiger partial charge on any atom is -0.483 e. The summed E-state index contributed by atoms with van der Waals surface area (Å²) in [5.74, 6) is -0.255. The first-order valence-electron chi connectivity index (χ1n) is 12.5. The molecular weight excluding hydrogens is 636 g/mol. The maximum absolute atomic E-state index is 12.0. The number of rotatable bonds is 12. The Kier molecular flexibility index (Phi) is 13.2. The van der Waals surface area contributed by atoms with Crippen molar-refractivity contribution in [3.05, 3.63) is 56.5 Å². The van der Waals surface area contributed by atoms with E-state index in [2.05, 4.69) is 81.3 Å². The van der Waals surface area contributed by atoms with Crippen LogP contribution in [0, 0.1) is 0 Å². The molecule has 2 aromatic carbocycles. The van der Waals surface area contributed by atoms with Crippen molar-refractivity contribution >= 4 is 55.5 Å². The maximum Gasteiger partial charge on any atom is 0.276 e. The highest BCUT2D eigenvalue weighted by molar-refractivity contribution is 9.10. The van der Waals surface area contributed by atoms with Gasteiger partial charge in [0, 0.05) is 12.8 Å². The van der Waals surface area contributed by atoms with Crippen LogP contribution < -0.4 is 31.2 Å². The van der Waals surface area contributed by atoms with Crippen molar-refractivity contribution in [3.8, 4) is 11.5 Å². The fraction of sp³-hybridized carbons (Fsp3) is 0.407. The van der Waals surface area contributed by atoms with Crippen molar-refractivity contribution < 1.29 is 28.7 Å². The molecule has 12 heteroatoms. The Morgan fingerprint density at radius 2 is 1.00 bits per heavy atom. The zero-order valence-corrected chi connectivity index (χ0v) is 25.5. The Balaban J connectivity index is 1.58. The molecule has 10 nitrogen and oxygen atoms in total. The summed E-state index contributed by atoms with van der Waals surface area (Å²) in [6.07, 6.45) is 0.198. The molecule has 39 heavy (non-hydrogen) atoms. The third-order valence-electron chi connectivity index (χ3n) is 5.45. The average Bonchev–Trinajstić information content (AvgIpc) is 2.89. The van der Waals surface area contributed by atoms with E-state index in [1.54, 1.807) is 12.1 Å². The summed E-state index contributed by atoms with van der Waals surface area (Å²) < 4.78 is 12.4. The summed E-state index contributed by atoms with van der Waals surface area (Å²) in [6.45, 7) is 7.74. The van der Waals surface area contributed by atoms with E-state index in [0.717, 1.165) is 20.1 Å². The van der Waals surface area contributed by atoms with Crippen molar-refractivity contribution in [1.29, 1.82) is 0 Å². The van der Waals surface area contributed by atoms with Crippen molar-refractivity contribution in [3.63, 3.8) is 0 Å². The molecule has 0 atom stereocenters. The van der Waals surface area contributed by atoms with Gasteiger partial charge in [-0.15, -0.1) is 0 Å². The van der Waals surface area contributed by atoms with Crippen LogP contribution in [0.2, 0.25) is 0 Å². The lowest BCUT2D eigenvalue weighted by atomic mass is 10.0. The molecule has 0 saturated carbocycles. The van der Waals surface area contributed by atoms with Crippen LogP contribution in [-0.2, 0) is 19.2 Å². The highest BCUT2D eigenvalue weighted by Crippen LogP contribution is 2.29. The molecule has 0 aliphatic rings. The number of benzene rings is 2. The summed E-state index contributed by atoms with van der Waals surface area (Å²) in [4.78, 5) is 47.8. The smallest absolute Gasteiger partial charge is 0.276 e. The third kappa shape index (κ3) is 11.7. The standard InChI is InChI=1S/C27H34Br2N4O6/c1-16(2)18-8-10-22(20(28)12-18)38-14-26(36)32-30-24(34)6-5-7-25(35)31-33-27(37)15-39-23-11-9-19(17(3)4)13-21(23)29/h8-13,16-17H,5-7,14-15H2,1-4H3,(H,30,34)(H,31,35)(H,32,36)(H,33,37). The molecule has 2 rings (SSSR count). The second-order valence-corrected chi connectivity index (χ2v) is 11.0. The Labute approximate surface area is 245 Å². The van der Waals surface area contributed by atoms with Gasteiger partial charge in [-0.2, -0.15) is 0 Å². The van der Waals surface area contributed by atoms with Gasteiger partial charge in [0.05, 0.1) is 8.95 Å². The molecule has 0 aromatic heterocycles. The van der Waals surface area contributed by atoms with Gasteiger partial charge in [0.15, 0.2) is 13.2 Å². The molecule has 0 spiro atoms. The van der Waals surface area contributed by atoms with Gasteiger partial charge in [0.2, 0.25) is 11.8 Å². The van der Waals surface area contributed by atoms with Crippen molar-refractivity contribution in [2.75, 3.05) is 13.2 Å². The van der Waals surface area contributed by atoms with Crippen molar-refractivity contribution in [2.24, 2.45) is 0 Å². The second-order valence-electron chi connectivity index (χ2n) is 9.31. The molecule has 0 saturated heterocycles. The minimum absolute atomic E-state index is 0.00573.